The molecule has 0 spiro atoms. The maximum absolute atomic E-state index is 9.97. The largest absolute Gasteiger partial charge is 0.456 e. The van der Waals surface area contributed by atoms with E-state index in [4.69, 9.17) is 27.7 Å². The van der Waals surface area contributed by atoms with Crippen LogP contribution in [0, 0.1) is 0 Å². The fraction of sp³-hybridized carbons (Fsp3) is 0. The predicted octanol–water partition coefficient (Wildman–Crippen LogP) is 16.0. The molecule has 11 aromatic carbocycles. The first-order chi connectivity index (χ1) is 42.0. The van der Waals surface area contributed by atoms with Crippen LogP contribution in [0.15, 0.2) is 210 Å². The highest BCUT2D eigenvalue weighted by molar-refractivity contribution is 6.25. The number of furan rings is 1. The van der Waals surface area contributed by atoms with Crippen LogP contribution < -0.4 is 0 Å². The lowest BCUT2D eigenvalue weighted by Gasteiger charge is -2.20. The molecule has 57 heavy (non-hydrogen) atoms. The summed E-state index contributed by atoms with van der Waals surface area (Å²) in [4.78, 5) is 0. The summed E-state index contributed by atoms with van der Waals surface area (Å²) in [5.74, 6) is 0. The van der Waals surface area contributed by atoms with E-state index in [1.54, 1.807) is 0 Å². The van der Waals surface area contributed by atoms with Gasteiger partial charge < -0.3 is 4.42 Å². The first-order valence-electron chi connectivity index (χ1n) is 33.5. The van der Waals surface area contributed by atoms with E-state index in [0.717, 1.165) is 6.07 Å². The van der Waals surface area contributed by atoms with Crippen molar-refractivity contribution in [3.8, 4) is 44.5 Å². The smallest absolute Gasteiger partial charge is 0.136 e. The van der Waals surface area contributed by atoms with Gasteiger partial charge in [-0.15, -0.1) is 0 Å². The molecular weight excluding hydrogens is 689 g/mol. The maximum Gasteiger partial charge on any atom is 0.136 e. The molecule has 0 aliphatic heterocycles. The molecule has 264 valence electrons. The lowest BCUT2D eigenvalue weighted by Crippen LogP contribution is -1.92. The first kappa shape index (κ1) is 13.3. The SMILES string of the molecule is [2H]c1c([2H])c([2H])c2c([2H])c([2H])c(-c3c([2H])c([2H])c4oc5c([2H])c([2H])c([2H])c(-c6c([2H])c([2H])c7c([2H])c([2H])c([2H])c([2H])c7c6[2H])c5c4c3[2H])cc2c1-c1c2c([2H])c([2H])c([2H])c([2H])c2c(-c2c([2H])c([2H])c([2H])c3c([2H])c([2H])c([2H])c([2H])c23)c2c([2H])c([2H])c([2H])c([2H])c12. The van der Waals surface area contributed by atoms with E-state index < -0.39 is 320 Å². The Bertz CT molecular complexity index is 5430. The van der Waals surface area contributed by atoms with E-state index in [1.807, 2.05) is 0 Å². The quantitative estimate of drug-likeness (QED) is 0.163. The number of hydrogen-bond donors (Lipinski definition) is 0. The van der Waals surface area contributed by atoms with E-state index in [2.05, 4.69) is 0 Å². The van der Waals surface area contributed by atoms with Gasteiger partial charge in [0.15, 0.2) is 0 Å². The second-order valence-electron chi connectivity index (χ2n) is 12.6. The molecule has 0 N–H and O–H groups in total. The van der Waals surface area contributed by atoms with Gasteiger partial charge in [0.2, 0.25) is 0 Å². The number of benzene rings is 11. The first-order valence-corrected chi connectivity index (χ1v) is 17.0. The second kappa shape index (κ2) is 12.5. The minimum absolute atomic E-state index is 0.554. The molecule has 0 amide bonds. The molecule has 12 rings (SSSR count). The molecule has 0 aliphatic rings. The van der Waals surface area contributed by atoms with Gasteiger partial charge in [-0.25, -0.2) is 0 Å². The molecule has 0 radical (unpaired) electrons. The van der Waals surface area contributed by atoms with Crippen LogP contribution in [-0.2, 0) is 0 Å². The summed E-state index contributed by atoms with van der Waals surface area (Å²) in [6, 6.07) is -30.3. The minimum Gasteiger partial charge on any atom is -0.456 e. The van der Waals surface area contributed by atoms with Crippen LogP contribution in [0.5, 0.6) is 0 Å². The Morgan fingerprint density at radius 1 is 0.298 bits per heavy atom. The Morgan fingerprint density at radius 3 is 1.53 bits per heavy atom. The van der Waals surface area contributed by atoms with Gasteiger partial charge in [0.25, 0.3) is 0 Å². The molecule has 0 atom stereocenters. The topological polar surface area (TPSA) is 13.1 Å². The lowest BCUT2D eigenvalue weighted by atomic mass is 9.83. The summed E-state index contributed by atoms with van der Waals surface area (Å²) in [7, 11) is 0. The molecule has 0 aliphatic carbocycles. The fourth-order valence-corrected chi connectivity index (χ4v) is 7.11. The van der Waals surface area contributed by atoms with Crippen LogP contribution in [0.1, 0.15) is 45.2 Å². The minimum atomic E-state index is -1.04. The summed E-state index contributed by atoms with van der Waals surface area (Å²) >= 11 is 0. The normalized spacial score (nSPS) is 20.0. The highest BCUT2D eigenvalue weighted by atomic mass is 16.3. The molecule has 0 unspecified atom stereocenters. The van der Waals surface area contributed by atoms with Crippen molar-refractivity contribution in [3.05, 3.63) is 205 Å². The molecule has 1 aromatic heterocycles. The molecule has 1 heteroatoms. The monoisotopic (exact) mass is 755 g/mol. The zero-order chi connectivity index (χ0) is 66.2. The van der Waals surface area contributed by atoms with Crippen LogP contribution >= 0.6 is 0 Å². The van der Waals surface area contributed by atoms with E-state index in [1.165, 1.54) is 0 Å². The van der Waals surface area contributed by atoms with Crippen LogP contribution in [0.3, 0.4) is 0 Å². The van der Waals surface area contributed by atoms with Gasteiger partial charge >= 0.3 is 0 Å². The van der Waals surface area contributed by atoms with E-state index in [-0.39, 0.29) is 0 Å². The van der Waals surface area contributed by atoms with E-state index in [9.17, 15) is 21.9 Å². The van der Waals surface area contributed by atoms with E-state index in [0.29, 0.717) is 0 Å². The Labute approximate surface area is 376 Å². The summed E-state index contributed by atoms with van der Waals surface area (Å²) in [6.07, 6.45) is 0. The molecule has 1 heterocycles. The summed E-state index contributed by atoms with van der Waals surface area (Å²) in [5, 5.41) is -8.03. The highest BCUT2D eigenvalue weighted by Crippen LogP contribution is 2.47. The molecule has 0 bridgehead atoms. The molecule has 1 nitrogen and oxygen atoms in total. The Hall–Kier alpha value is -7.48. The van der Waals surface area contributed by atoms with Crippen molar-refractivity contribution in [2.24, 2.45) is 0 Å². The van der Waals surface area contributed by atoms with Gasteiger partial charge in [-0.1, -0.05) is 175 Å². The highest BCUT2D eigenvalue weighted by Gasteiger charge is 2.20. The third kappa shape index (κ3) is 4.96. The van der Waals surface area contributed by atoms with Gasteiger partial charge in [-0.2, -0.15) is 0 Å². The van der Waals surface area contributed by atoms with Crippen LogP contribution in [0.25, 0.3) is 120 Å². The lowest BCUT2D eigenvalue weighted by molar-refractivity contribution is 0.669. The maximum atomic E-state index is 9.97. The van der Waals surface area contributed by atoms with Gasteiger partial charge in [0.1, 0.15) is 11.2 Å². The molecular formula is C56H34O. The Kier molecular flexibility index (Phi) is 2.93. The van der Waals surface area contributed by atoms with E-state index >= 15 is 0 Å². The predicted molar refractivity (Wildman–Crippen MR) is 243 cm³/mol. The Balaban J connectivity index is 1.30. The molecule has 0 fully saturated rings. The zero-order valence-corrected chi connectivity index (χ0v) is 28.5. The van der Waals surface area contributed by atoms with Gasteiger partial charge in [-0.3, -0.25) is 0 Å². The second-order valence-corrected chi connectivity index (χ2v) is 12.6. The molecule has 12 aromatic rings. The Morgan fingerprint density at radius 2 is 0.807 bits per heavy atom. The number of hydrogen-bond acceptors (Lipinski definition) is 1. The zero-order valence-electron chi connectivity index (χ0n) is 61.5. The molecule has 0 saturated heterocycles. The summed E-state index contributed by atoms with van der Waals surface area (Å²) < 4.78 is 308. The van der Waals surface area contributed by atoms with Crippen molar-refractivity contribution in [3.63, 3.8) is 0 Å². The summed E-state index contributed by atoms with van der Waals surface area (Å²) in [6.45, 7) is 0. The van der Waals surface area contributed by atoms with Crippen molar-refractivity contribution in [1.29, 1.82) is 0 Å². The van der Waals surface area contributed by atoms with Crippen LogP contribution in [0.2, 0.25) is 0 Å². The van der Waals surface area contributed by atoms with Crippen LogP contribution in [0.4, 0.5) is 0 Å². The number of rotatable bonds is 4. The molecule has 0 saturated carbocycles. The number of fused-ring (bicyclic) bond motifs is 8. The van der Waals surface area contributed by atoms with Gasteiger partial charge in [0, 0.05) is 10.8 Å². The standard InChI is InChI=1S/C56H34O/c1-2-14-38-32-41(29-26-35(38)12-1)43-22-11-25-53-56(43)51-34-40(30-31-52(51)57-53)39-28-27-37-16-10-24-49(50(37)33-39)55-47-20-7-5-18-45(47)54(46-19-6-8-21-48(46)55)44-23-9-15-36-13-3-4-17-42(36)44/h1-34H/i1D,2D,3D,4D,5D,6D,7D,8D,9D,10D,11D,12D,13D,14D,15D,16D,17D,18D,19D,20D,21D,22D,23D,24D,25D,26D,27D,28D,29D,30D,31D,32D,34D. The average molecular weight is 756 g/mol. The van der Waals surface area contributed by atoms with Crippen molar-refractivity contribution in [2.75, 3.05) is 0 Å². The average Bonchev–Trinajstić information content (AvgIpc) is 0.817. The third-order valence-corrected chi connectivity index (χ3v) is 9.55. The van der Waals surface area contributed by atoms with Gasteiger partial charge in [-0.05, 0) is 129 Å². The summed E-state index contributed by atoms with van der Waals surface area (Å²) in [5.41, 5.74) is -7.23. The van der Waals surface area contributed by atoms with Crippen molar-refractivity contribution in [1.82, 2.24) is 0 Å². The fourth-order valence-electron chi connectivity index (χ4n) is 7.11. The van der Waals surface area contributed by atoms with Crippen molar-refractivity contribution >= 4 is 75.8 Å². The van der Waals surface area contributed by atoms with Crippen LogP contribution in [-0.4, -0.2) is 0 Å². The third-order valence-electron chi connectivity index (χ3n) is 9.55. The van der Waals surface area contributed by atoms with Gasteiger partial charge in [0.05, 0.1) is 45.2 Å². The van der Waals surface area contributed by atoms with Crippen molar-refractivity contribution < 1.29 is 49.7 Å². The van der Waals surface area contributed by atoms with Crippen molar-refractivity contribution in [2.45, 2.75) is 0 Å².